The van der Waals surface area contributed by atoms with Crippen LogP contribution >= 0.6 is 24.0 Å². The van der Waals surface area contributed by atoms with Gasteiger partial charge < -0.3 is 15.5 Å². The van der Waals surface area contributed by atoms with Gasteiger partial charge in [0.05, 0.1) is 0 Å². The monoisotopic (exact) mass is 480 g/mol. The molecule has 0 unspecified atom stereocenters. The van der Waals surface area contributed by atoms with Crippen LogP contribution in [0.25, 0.3) is 0 Å². The number of aliphatic imine (C=N–C) groups is 1. The van der Waals surface area contributed by atoms with E-state index in [1.807, 2.05) is 6.92 Å². The summed E-state index contributed by atoms with van der Waals surface area (Å²) in [4.78, 5) is 6.96. The zero-order chi connectivity index (χ0) is 18.2. The van der Waals surface area contributed by atoms with Crippen molar-refractivity contribution < 1.29 is 8.78 Å². The quantitative estimate of drug-likeness (QED) is 0.372. The number of likely N-dealkylation sites (tertiary alicyclic amines) is 1. The molecule has 1 aromatic rings. The van der Waals surface area contributed by atoms with Crippen LogP contribution in [-0.4, -0.2) is 49.1 Å². The maximum Gasteiger partial charge on any atom is 0.191 e. The van der Waals surface area contributed by atoms with Crippen molar-refractivity contribution in [3.8, 4) is 0 Å². The highest BCUT2D eigenvalue weighted by molar-refractivity contribution is 14.0. The van der Waals surface area contributed by atoms with E-state index in [0.717, 1.165) is 38.4 Å². The van der Waals surface area contributed by atoms with Crippen LogP contribution in [0.4, 0.5) is 8.78 Å². The Hall–Kier alpha value is -0.960. The maximum absolute atomic E-state index is 13.7. The predicted molar refractivity (Wildman–Crippen MR) is 114 cm³/mol. The van der Waals surface area contributed by atoms with Gasteiger partial charge in [0, 0.05) is 43.8 Å². The summed E-state index contributed by atoms with van der Waals surface area (Å²) in [6.07, 6.45) is 2.40. The molecule has 1 fully saturated rings. The molecule has 0 radical (unpaired) electrons. The number of guanidine groups is 1. The van der Waals surface area contributed by atoms with E-state index in [1.165, 1.54) is 18.2 Å². The lowest BCUT2D eigenvalue weighted by Gasteiger charge is -2.35. The van der Waals surface area contributed by atoms with Crippen molar-refractivity contribution in [3.05, 3.63) is 35.4 Å². The van der Waals surface area contributed by atoms with E-state index in [-0.39, 0.29) is 36.0 Å². The molecule has 1 saturated heterocycles. The van der Waals surface area contributed by atoms with Crippen molar-refractivity contribution in [1.29, 1.82) is 0 Å². The highest BCUT2D eigenvalue weighted by atomic mass is 127. The predicted octanol–water partition coefficient (Wildman–Crippen LogP) is 3.55. The first kappa shape index (κ1) is 23.1. The minimum Gasteiger partial charge on any atom is -0.357 e. The second-order valence-electron chi connectivity index (χ2n) is 6.76. The van der Waals surface area contributed by atoms with E-state index in [1.54, 1.807) is 0 Å². The van der Waals surface area contributed by atoms with E-state index in [4.69, 9.17) is 0 Å². The molecule has 1 aliphatic heterocycles. The van der Waals surface area contributed by atoms with Crippen LogP contribution in [0.5, 0.6) is 0 Å². The van der Waals surface area contributed by atoms with Crippen LogP contribution in [0.3, 0.4) is 0 Å². The fourth-order valence-corrected chi connectivity index (χ4v) is 3.12. The summed E-state index contributed by atoms with van der Waals surface area (Å²) < 4.78 is 27.3. The number of halogens is 3. The molecule has 0 bridgehead atoms. The van der Waals surface area contributed by atoms with Crippen molar-refractivity contribution >= 4 is 29.9 Å². The molecule has 2 N–H and O–H groups in total. The Morgan fingerprint density at radius 3 is 2.38 bits per heavy atom. The van der Waals surface area contributed by atoms with Crippen LogP contribution in [0.1, 0.15) is 39.2 Å². The number of nitrogens with one attached hydrogen (secondary N) is 2. The van der Waals surface area contributed by atoms with Gasteiger partial charge in [-0.05, 0) is 52.2 Å². The van der Waals surface area contributed by atoms with E-state index in [9.17, 15) is 8.78 Å². The molecule has 4 nitrogen and oxygen atoms in total. The number of hydrogen-bond acceptors (Lipinski definition) is 2. The van der Waals surface area contributed by atoms with Crippen LogP contribution in [0, 0.1) is 11.6 Å². The molecule has 148 valence electrons. The Morgan fingerprint density at radius 1 is 1.23 bits per heavy atom. The number of piperidine rings is 1. The van der Waals surface area contributed by atoms with Gasteiger partial charge in [-0.15, -0.1) is 24.0 Å². The Kier molecular flexibility index (Phi) is 10.4. The Labute approximate surface area is 172 Å². The molecule has 0 aliphatic carbocycles. The molecule has 0 spiro atoms. The van der Waals surface area contributed by atoms with E-state index >= 15 is 0 Å². The fraction of sp³-hybridized carbons (Fsp3) is 0.632. The summed E-state index contributed by atoms with van der Waals surface area (Å²) in [6.45, 7) is 9.71. The first-order chi connectivity index (χ1) is 12.0. The van der Waals surface area contributed by atoms with E-state index < -0.39 is 11.6 Å². The second kappa shape index (κ2) is 11.7. The Bertz CT molecular complexity index is 552. The topological polar surface area (TPSA) is 39.7 Å². The van der Waals surface area contributed by atoms with Gasteiger partial charge in [0.2, 0.25) is 0 Å². The van der Waals surface area contributed by atoms with Crippen molar-refractivity contribution in [2.24, 2.45) is 4.99 Å². The first-order valence-electron chi connectivity index (χ1n) is 9.23. The van der Waals surface area contributed by atoms with Crippen molar-refractivity contribution in [2.45, 2.75) is 52.1 Å². The van der Waals surface area contributed by atoms with Gasteiger partial charge in [-0.2, -0.15) is 0 Å². The van der Waals surface area contributed by atoms with Crippen LogP contribution < -0.4 is 10.6 Å². The summed E-state index contributed by atoms with van der Waals surface area (Å²) >= 11 is 0. The molecule has 1 aromatic carbocycles. The summed E-state index contributed by atoms with van der Waals surface area (Å²) in [5, 5.41) is 6.67. The standard InChI is InChI=1S/C19H30F2N4.HI/c1-4-22-19(24-15-9-12-25(13-10-15)14(2)3)23-11-8-16-17(20)6-5-7-18(16)21;/h5-7,14-15H,4,8-13H2,1-3H3,(H2,22,23,24);1H. The molecule has 0 atom stereocenters. The van der Waals surface area contributed by atoms with Gasteiger partial charge in [-0.1, -0.05) is 6.07 Å². The van der Waals surface area contributed by atoms with Gasteiger partial charge in [0.1, 0.15) is 11.6 Å². The van der Waals surface area contributed by atoms with Crippen molar-refractivity contribution in [1.82, 2.24) is 15.5 Å². The van der Waals surface area contributed by atoms with E-state index in [0.29, 0.717) is 18.6 Å². The number of hydrogen-bond donors (Lipinski definition) is 2. The molecular formula is C19H31F2IN4. The zero-order valence-electron chi connectivity index (χ0n) is 15.9. The van der Waals surface area contributed by atoms with Gasteiger partial charge in [-0.25, -0.2) is 8.78 Å². The summed E-state index contributed by atoms with van der Waals surface area (Å²) in [7, 11) is 0. The smallest absolute Gasteiger partial charge is 0.191 e. The van der Waals surface area contributed by atoms with Gasteiger partial charge in [-0.3, -0.25) is 4.99 Å². The van der Waals surface area contributed by atoms with Gasteiger partial charge in [0.25, 0.3) is 0 Å². The molecule has 2 rings (SSSR count). The zero-order valence-corrected chi connectivity index (χ0v) is 18.2. The fourth-order valence-electron chi connectivity index (χ4n) is 3.12. The third kappa shape index (κ3) is 6.98. The number of benzene rings is 1. The van der Waals surface area contributed by atoms with Crippen molar-refractivity contribution in [3.63, 3.8) is 0 Å². The molecule has 7 heteroatoms. The molecular weight excluding hydrogens is 449 g/mol. The SMILES string of the molecule is CCNC(=NCCc1c(F)cccc1F)NC1CCN(C(C)C)CC1.I. The van der Waals surface area contributed by atoms with Gasteiger partial charge >= 0.3 is 0 Å². The van der Waals surface area contributed by atoms with Crippen LogP contribution in [0.15, 0.2) is 23.2 Å². The average Bonchev–Trinajstić information content (AvgIpc) is 2.58. The lowest BCUT2D eigenvalue weighted by molar-refractivity contribution is 0.167. The molecule has 0 saturated carbocycles. The molecule has 1 heterocycles. The molecule has 26 heavy (non-hydrogen) atoms. The van der Waals surface area contributed by atoms with Crippen LogP contribution in [0.2, 0.25) is 0 Å². The minimum absolute atomic E-state index is 0. The Morgan fingerprint density at radius 2 is 1.85 bits per heavy atom. The first-order valence-corrected chi connectivity index (χ1v) is 9.23. The summed E-state index contributed by atoms with van der Waals surface area (Å²) in [6, 6.07) is 4.92. The minimum atomic E-state index is -0.505. The lowest BCUT2D eigenvalue weighted by atomic mass is 10.0. The molecule has 0 amide bonds. The normalized spacial score (nSPS) is 16.5. The maximum atomic E-state index is 13.7. The second-order valence-corrected chi connectivity index (χ2v) is 6.76. The summed E-state index contributed by atoms with van der Waals surface area (Å²) in [5.74, 6) is -0.286. The van der Waals surface area contributed by atoms with Gasteiger partial charge in [0.15, 0.2) is 5.96 Å². The average molecular weight is 480 g/mol. The van der Waals surface area contributed by atoms with Crippen LogP contribution in [-0.2, 0) is 6.42 Å². The molecule has 1 aliphatic rings. The third-order valence-corrected chi connectivity index (χ3v) is 4.64. The third-order valence-electron chi connectivity index (χ3n) is 4.64. The Balaban J connectivity index is 0.00000338. The summed E-state index contributed by atoms with van der Waals surface area (Å²) in [5.41, 5.74) is 0.104. The highest BCUT2D eigenvalue weighted by Gasteiger charge is 2.21. The largest absolute Gasteiger partial charge is 0.357 e. The number of rotatable bonds is 6. The van der Waals surface area contributed by atoms with Crippen molar-refractivity contribution in [2.75, 3.05) is 26.2 Å². The lowest BCUT2D eigenvalue weighted by Crippen LogP contribution is -2.49. The van der Waals surface area contributed by atoms with E-state index in [2.05, 4.69) is 34.4 Å². The highest BCUT2D eigenvalue weighted by Crippen LogP contribution is 2.14. The number of nitrogens with zero attached hydrogens (tertiary/aromatic N) is 2. The molecule has 0 aromatic heterocycles.